The molecule has 2 aromatic carbocycles. The minimum atomic E-state index is -0.312. The average molecular weight is 559 g/mol. The highest BCUT2D eigenvalue weighted by atomic mass is 32.2. The van der Waals surface area contributed by atoms with Crippen molar-refractivity contribution in [2.45, 2.75) is 106 Å². The fourth-order valence-electron chi connectivity index (χ4n) is 4.48. The lowest BCUT2D eigenvalue weighted by molar-refractivity contribution is -0.145. The van der Waals surface area contributed by atoms with E-state index in [1.54, 1.807) is 0 Å². The van der Waals surface area contributed by atoms with Crippen molar-refractivity contribution in [1.29, 1.82) is 0 Å². The molecule has 0 fully saturated rings. The monoisotopic (exact) mass is 558 g/mol. The molecule has 0 aliphatic rings. The van der Waals surface area contributed by atoms with Gasteiger partial charge in [-0.3, -0.25) is 9.59 Å². The van der Waals surface area contributed by atoms with Crippen LogP contribution >= 0.6 is 11.8 Å². The van der Waals surface area contributed by atoms with Gasteiger partial charge in [0.2, 0.25) is 0 Å². The summed E-state index contributed by atoms with van der Waals surface area (Å²) >= 11 is 1.50. The Bertz CT molecular complexity index is 1110. The number of benzene rings is 2. The fraction of sp³-hybridized carbons (Fsp3) is 0.562. The largest absolute Gasteiger partial charge is 0.507 e. The highest BCUT2D eigenvalue weighted by Gasteiger charge is 2.24. The molecule has 0 unspecified atom stereocenters. The fourth-order valence-corrected chi connectivity index (χ4v) is 5.30. The first kappa shape index (κ1) is 32.5. The van der Waals surface area contributed by atoms with Crippen molar-refractivity contribution in [2.24, 2.45) is 0 Å². The molecule has 0 saturated heterocycles. The number of aromatic hydroxyl groups is 2. The van der Waals surface area contributed by atoms with Crippen LogP contribution in [-0.4, -0.2) is 33.7 Å². The SMILES string of the molecule is Cc1cc(C(C)(C)C)c(O)c(C)c1COC(=O)CCSCCC(=O)OCc1c(C)cc(C(C)(C)C)c(O)c1C. The van der Waals surface area contributed by atoms with Gasteiger partial charge in [-0.05, 0) is 83.0 Å². The number of esters is 2. The molecule has 0 heterocycles. The van der Waals surface area contributed by atoms with E-state index in [-0.39, 0.29) is 60.3 Å². The summed E-state index contributed by atoms with van der Waals surface area (Å²) in [6, 6.07) is 3.93. The van der Waals surface area contributed by atoms with E-state index < -0.39 is 0 Å². The standard InChI is InChI=1S/C32H46O6S/c1-19-15-25(31(5,6)7)29(35)21(3)23(19)17-37-27(33)11-13-39-14-12-28(34)38-18-24-20(2)16-26(32(8,9)10)30(36)22(24)4/h15-16,35-36H,11-14,17-18H2,1-10H3. The maximum atomic E-state index is 12.3. The molecule has 0 amide bonds. The first-order valence-corrected chi connectivity index (χ1v) is 14.6. The molecule has 2 N–H and O–H groups in total. The van der Waals surface area contributed by atoms with Crippen LogP contribution in [0.25, 0.3) is 0 Å². The highest BCUT2D eigenvalue weighted by molar-refractivity contribution is 7.99. The van der Waals surface area contributed by atoms with Crippen LogP contribution in [0, 0.1) is 27.7 Å². The van der Waals surface area contributed by atoms with Gasteiger partial charge in [0.05, 0.1) is 12.8 Å². The lowest BCUT2D eigenvalue weighted by Crippen LogP contribution is -2.14. The molecule has 0 radical (unpaired) electrons. The molecule has 2 rings (SSSR count). The Balaban J connectivity index is 1.77. The van der Waals surface area contributed by atoms with E-state index in [2.05, 4.69) is 41.5 Å². The van der Waals surface area contributed by atoms with E-state index in [1.807, 2.05) is 39.8 Å². The average Bonchev–Trinajstić information content (AvgIpc) is 2.81. The van der Waals surface area contributed by atoms with Crippen LogP contribution in [0.4, 0.5) is 0 Å². The zero-order valence-corrected chi connectivity index (χ0v) is 26.1. The first-order valence-electron chi connectivity index (χ1n) is 13.5. The Hall–Kier alpha value is -2.67. The Kier molecular flexibility index (Phi) is 10.9. The zero-order valence-electron chi connectivity index (χ0n) is 25.3. The molecule has 7 heteroatoms. The van der Waals surface area contributed by atoms with E-state index in [1.165, 1.54) is 11.8 Å². The van der Waals surface area contributed by atoms with Crippen LogP contribution in [0.5, 0.6) is 11.5 Å². The van der Waals surface area contributed by atoms with E-state index in [0.29, 0.717) is 11.5 Å². The van der Waals surface area contributed by atoms with Crippen molar-refractivity contribution in [1.82, 2.24) is 0 Å². The summed E-state index contributed by atoms with van der Waals surface area (Å²) in [4.78, 5) is 24.5. The second-order valence-electron chi connectivity index (χ2n) is 12.3. The number of phenolic OH excluding ortho intramolecular Hbond substituents is 2. The molecule has 0 bridgehead atoms. The van der Waals surface area contributed by atoms with Crippen LogP contribution in [-0.2, 0) is 43.1 Å². The zero-order chi connectivity index (χ0) is 29.7. The third-order valence-corrected chi connectivity index (χ3v) is 8.06. The Labute approximate surface area is 238 Å². The normalized spacial score (nSPS) is 11.9. The van der Waals surface area contributed by atoms with Crippen molar-refractivity contribution in [3.8, 4) is 11.5 Å². The summed E-state index contributed by atoms with van der Waals surface area (Å²) in [5.41, 5.74) is 6.51. The maximum absolute atomic E-state index is 12.3. The van der Waals surface area contributed by atoms with E-state index in [4.69, 9.17) is 9.47 Å². The van der Waals surface area contributed by atoms with Gasteiger partial charge in [0.15, 0.2) is 0 Å². The number of hydrogen-bond donors (Lipinski definition) is 2. The summed E-state index contributed by atoms with van der Waals surface area (Å²) < 4.78 is 10.9. The van der Waals surface area contributed by atoms with Gasteiger partial charge in [-0.15, -0.1) is 0 Å². The molecule has 0 saturated carbocycles. The van der Waals surface area contributed by atoms with Gasteiger partial charge in [-0.25, -0.2) is 0 Å². The number of ether oxygens (including phenoxy) is 2. The van der Waals surface area contributed by atoms with Gasteiger partial charge in [0.1, 0.15) is 24.7 Å². The molecular weight excluding hydrogens is 512 g/mol. The summed E-state index contributed by atoms with van der Waals surface area (Å²) in [7, 11) is 0. The van der Waals surface area contributed by atoms with Crippen LogP contribution in [0.3, 0.4) is 0 Å². The number of carbonyl (C=O) groups is 2. The Morgan fingerprint density at radius 1 is 0.692 bits per heavy atom. The van der Waals surface area contributed by atoms with Crippen molar-refractivity contribution < 1.29 is 29.3 Å². The lowest BCUT2D eigenvalue weighted by Gasteiger charge is -2.24. The minimum Gasteiger partial charge on any atom is -0.507 e. The molecular formula is C32H46O6S. The molecule has 0 aromatic heterocycles. The van der Waals surface area contributed by atoms with Crippen molar-refractivity contribution in [2.75, 3.05) is 11.5 Å². The number of rotatable bonds is 10. The predicted octanol–water partition coefficient (Wildman–Crippen LogP) is 7.23. The highest BCUT2D eigenvalue weighted by Crippen LogP contribution is 2.37. The molecule has 0 aliphatic heterocycles. The third kappa shape index (κ3) is 8.66. The number of thioether (sulfide) groups is 1. The molecule has 0 spiro atoms. The Morgan fingerprint density at radius 2 is 1.03 bits per heavy atom. The van der Waals surface area contributed by atoms with E-state index >= 15 is 0 Å². The van der Waals surface area contributed by atoms with Crippen molar-refractivity contribution in [3.05, 3.63) is 56.6 Å². The van der Waals surface area contributed by atoms with Crippen LogP contribution in [0.1, 0.15) is 98.9 Å². The van der Waals surface area contributed by atoms with E-state index in [9.17, 15) is 19.8 Å². The molecule has 39 heavy (non-hydrogen) atoms. The summed E-state index contributed by atoms with van der Waals surface area (Å²) in [6.45, 7) is 20.2. The van der Waals surface area contributed by atoms with Crippen LogP contribution in [0.2, 0.25) is 0 Å². The predicted molar refractivity (Wildman–Crippen MR) is 159 cm³/mol. The van der Waals surface area contributed by atoms with Gasteiger partial charge >= 0.3 is 11.9 Å². The molecule has 0 atom stereocenters. The molecule has 0 aliphatic carbocycles. The summed E-state index contributed by atoms with van der Waals surface area (Å²) in [5, 5.41) is 21.3. The van der Waals surface area contributed by atoms with Crippen molar-refractivity contribution >= 4 is 23.7 Å². The quantitative estimate of drug-likeness (QED) is 0.235. The molecule has 2 aromatic rings. The molecule has 216 valence electrons. The van der Waals surface area contributed by atoms with Gasteiger partial charge in [0, 0.05) is 11.5 Å². The number of aryl methyl sites for hydroxylation is 2. The van der Waals surface area contributed by atoms with Gasteiger partial charge < -0.3 is 19.7 Å². The maximum Gasteiger partial charge on any atom is 0.306 e. The third-order valence-electron chi connectivity index (χ3n) is 7.07. The topological polar surface area (TPSA) is 93.1 Å². The molecule has 6 nitrogen and oxygen atoms in total. The van der Waals surface area contributed by atoms with Gasteiger partial charge in [-0.1, -0.05) is 53.7 Å². The minimum absolute atomic E-state index is 0.122. The second-order valence-corrected chi connectivity index (χ2v) is 13.5. The van der Waals surface area contributed by atoms with Gasteiger partial charge in [0.25, 0.3) is 0 Å². The van der Waals surface area contributed by atoms with Gasteiger partial charge in [-0.2, -0.15) is 11.8 Å². The van der Waals surface area contributed by atoms with Crippen LogP contribution < -0.4 is 0 Å². The number of carbonyl (C=O) groups excluding carboxylic acids is 2. The smallest absolute Gasteiger partial charge is 0.306 e. The van der Waals surface area contributed by atoms with Crippen LogP contribution in [0.15, 0.2) is 12.1 Å². The first-order chi connectivity index (χ1) is 17.9. The van der Waals surface area contributed by atoms with E-state index in [0.717, 1.165) is 44.5 Å². The Morgan fingerprint density at radius 3 is 1.33 bits per heavy atom. The number of phenols is 2. The second kappa shape index (κ2) is 13.1. The summed E-state index contributed by atoms with van der Waals surface area (Å²) in [5.74, 6) is 0.966. The summed E-state index contributed by atoms with van der Waals surface area (Å²) in [6.07, 6.45) is 0.476. The number of hydrogen-bond acceptors (Lipinski definition) is 7. The van der Waals surface area contributed by atoms with Crippen molar-refractivity contribution in [3.63, 3.8) is 0 Å². The lowest BCUT2D eigenvalue weighted by atomic mass is 9.83.